The topological polar surface area (TPSA) is 80.5 Å². The van der Waals surface area contributed by atoms with Gasteiger partial charge in [0.25, 0.3) is 5.91 Å². The van der Waals surface area contributed by atoms with Gasteiger partial charge in [0, 0.05) is 37.6 Å². The lowest BCUT2D eigenvalue weighted by Crippen LogP contribution is -2.52. The molecule has 1 saturated heterocycles. The highest BCUT2D eigenvalue weighted by atomic mass is 35.5. The Balaban J connectivity index is 0.00000288. The lowest BCUT2D eigenvalue weighted by Gasteiger charge is -2.38. The summed E-state index contributed by atoms with van der Waals surface area (Å²) in [5.74, 6) is 0.466. The Bertz CT molecular complexity index is 494. The van der Waals surface area contributed by atoms with Crippen LogP contribution in [0.25, 0.3) is 0 Å². The molecule has 0 spiro atoms. The number of thiazole rings is 1. The highest BCUT2D eigenvalue weighted by molar-refractivity contribution is 7.09. The fourth-order valence-electron chi connectivity index (χ4n) is 3.13. The Labute approximate surface area is 166 Å². The summed E-state index contributed by atoms with van der Waals surface area (Å²) in [4.78, 5) is 19.0. The van der Waals surface area contributed by atoms with Crippen LogP contribution in [0.2, 0.25) is 0 Å². The van der Waals surface area contributed by atoms with Crippen LogP contribution in [-0.4, -0.2) is 54.7 Å². The molecule has 2 heterocycles. The number of hydrogen-bond acceptors (Lipinski definition) is 6. The van der Waals surface area contributed by atoms with Crippen molar-refractivity contribution >= 4 is 42.1 Å². The number of nitrogens with two attached hydrogens (primary N) is 1. The van der Waals surface area contributed by atoms with Crippen LogP contribution in [0.1, 0.15) is 42.2 Å². The van der Waals surface area contributed by atoms with Gasteiger partial charge in [0.15, 0.2) is 0 Å². The summed E-state index contributed by atoms with van der Waals surface area (Å²) in [5.41, 5.74) is 6.03. The minimum Gasteiger partial charge on any atom is -0.379 e. The van der Waals surface area contributed by atoms with Gasteiger partial charge in [-0.05, 0) is 5.92 Å². The van der Waals surface area contributed by atoms with Crippen molar-refractivity contribution in [1.82, 2.24) is 15.2 Å². The molecule has 25 heavy (non-hydrogen) atoms. The van der Waals surface area contributed by atoms with Crippen LogP contribution < -0.4 is 11.1 Å². The van der Waals surface area contributed by atoms with E-state index in [0.717, 1.165) is 44.2 Å². The third-order valence-corrected chi connectivity index (χ3v) is 5.41. The molecular formula is C16H30Cl2N4O2S. The van der Waals surface area contributed by atoms with E-state index in [2.05, 4.69) is 29.0 Å². The number of morpholine rings is 1. The van der Waals surface area contributed by atoms with Gasteiger partial charge in [-0.2, -0.15) is 0 Å². The molecule has 1 amide bonds. The zero-order valence-electron chi connectivity index (χ0n) is 14.9. The van der Waals surface area contributed by atoms with E-state index in [1.165, 1.54) is 11.3 Å². The molecule has 0 radical (unpaired) electrons. The highest BCUT2D eigenvalue weighted by Gasteiger charge is 2.27. The first-order valence-electron chi connectivity index (χ1n) is 8.44. The summed E-state index contributed by atoms with van der Waals surface area (Å²) in [5, 5.41) is 5.63. The molecule has 1 aromatic rings. The molecular weight excluding hydrogens is 383 g/mol. The van der Waals surface area contributed by atoms with Crippen molar-refractivity contribution < 1.29 is 9.53 Å². The second-order valence-electron chi connectivity index (χ2n) is 5.83. The number of nitrogens with zero attached hydrogens (tertiary/aromatic N) is 2. The number of carbonyl (C=O) groups excluding carboxylic acids is 1. The van der Waals surface area contributed by atoms with Crippen molar-refractivity contribution in [2.24, 2.45) is 11.7 Å². The molecule has 0 bridgehead atoms. The molecule has 1 atom stereocenters. The van der Waals surface area contributed by atoms with E-state index in [0.29, 0.717) is 30.7 Å². The molecule has 3 N–H and O–H groups in total. The first-order chi connectivity index (χ1) is 11.2. The number of rotatable bonds is 8. The van der Waals surface area contributed by atoms with Crippen molar-refractivity contribution in [2.75, 3.05) is 32.8 Å². The van der Waals surface area contributed by atoms with E-state index in [1.807, 2.05) is 0 Å². The van der Waals surface area contributed by atoms with Gasteiger partial charge in [-0.15, -0.1) is 36.2 Å². The normalized spacial score (nSPS) is 16.0. The summed E-state index contributed by atoms with van der Waals surface area (Å²) in [6.45, 7) is 8.89. The number of aromatic nitrogens is 1. The van der Waals surface area contributed by atoms with Crippen molar-refractivity contribution in [3.05, 3.63) is 16.1 Å². The van der Waals surface area contributed by atoms with Crippen molar-refractivity contribution in [2.45, 2.75) is 39.3 Å². The Kier molecular flexibility index (Phi) is 12.6. The van der Waals surface area contributed by atoms with Gasteiger partial charge in [0.1, 0.15) is 10.7 Å². The van der Waals surface area contributed by atoms with Gasteiger partial charge < -0.3 is 15.8 Å². The van der Waals surface area contributed by atoms with Crippen LogP contribution in [0.15, 0.2) is 5.38 Å². The molecule has 146 valence electrons. The molecule has 0 saturated carbocycles. The maximum Gasteiger partial charge on any atom is 0.270 e. The smallest absolute Gasteiger partial charge is 0.270 e. The predicted octanol–water partition coefficient (Wildman–Crippen LogP) is 2.31. The van der Waals surface area contributed by atoms with Crippen LogP contribution in [0.3, 0.4) is 0 Å². The largest absolute Gasteiger partial charge is 0.379 e. The number of ether oxygens (including phenoxy) is 1. The van der Waals surface area contributed by atoms with Gasteiger partial charge in [-0.1, -0.05) is 26.7 Å². The summed E-state index contributed by atoms with van der Waals surface area (Å²) in [6, 6.07) is 0.352. The second kappa shape index (κ2) is 12.8. The number of nitrogens with one attached hydrogen (secondary N) is 1. The molecule has 6 nitrogen and oxygen atoms in total. The van der Waals surface area contributed by atoms with E-state index in [9.17, 15) is 4.79 Å². The fourth-order valence-corrected chi connectivity index (χ4v) is 3.79. The summed E-state index contributed by atoms with van der Waals surface area (Å²) in [6.07, 6.45) is 2.23. The van der Waals surface area contributed by atoms with Crippen molar-refractivity contribution in [3.63, 3.8) is 0 Å². The second-order valence-corrected chi connectivity index (χ2v) is 6.78. The van der Waals surface area contributed by atoms with Gasteiger partial charge in [0.2, 0.25) is 0 Å². The Morgan fingerprint density at radius 2 is 2.00 bits per heavy atom. The minimum atomic E-state index is -0.106. The number of carbonyl (C=O) groups is 1. The van der Waals surface area contributed by atoms with E-state index >= 15 is 0 Å². The summed E-state index contributed by atoms with van der Waals surface area (Å²) in [7, 11) is 0. The maximum absolute atomic E-state index is 12.3. The molecule has 1 aliphatic rings. The average Bonchev–Trinajstić information content (AvgIpc) is 3.08. The van der Waals surface area contributed by atoms with Crippen LogP contribution >= 0.6 is 36.2 Å². The number of halogens is 2. The van der Waals surface area contributed by atoms with E-state index in [-0.39, 0.29) is 30.7 Å². The molecule has 2 rings (SSSR count). The molecule has 0 aromatic carbocycles. The predicted molar refractivity (Wildman–Crippen MR) is 107 cm³/mol. The zero-order chi connectivity index (χ0) is 16.7. The lowest BCUT2D eigenvalue weighted by atomic mass is 9.92. The van der Waals surface area contributed by atoms with Gasteiger partial charge in [0.05, 0.1) is 13.2 Å². The van der Waals surface area contributed by atoms with Gasteiger partial charge in [-0.3, -0.25) is 9.69 Å². The number of amides is 1. The molecule has 1 unspecified atom stereocenters. The number of hydrogen-bond donors (Lipinski definition) is 2. The molecule has 1 aliphatic heterocycles. The average molecular weight is 413 g/mol. The Morgan fingerprint density at radius 3 is 2.52 bits per heavy atom. The van der Waals surface area contributed by atoms with Crippen molar-refractivity contribution in [3.8, 4) is 0 Å². The first-order valence-corrected chi connectivity index (χ1v) is 9.32. The minimum absolute atomic E-state index is 0. The van der Waals surface area contributed by atoms with E-state index in [1.54, 1.807) is 5.38 Å². The van der Waals surface area contributed by atoms with Crippen LogP contribution in [-0.2, 0) is 11.3 Å². The van der Waals surface area contributed by atoms with E-state index in [4.69, 9.17) is 10.5 Å². The van der Waals surface area contributed by atoms with Crippen LogP contribution in [0.5, 0.6) is 0 Å². The molecule has 0 aliphatic carbocycles. The SMILES string of the molecule is CCC(CC)C(CNC(=O)c1csc(CN)n1)N1CCOCC1.Cl.Cl. The molecule has 1 fully saturated rings. The first kappa shape index (κ1) is 24.6. The standard InChI is InChI=1S/C16H28N4O2S.2ClH/c1-3-12(4-2)14(20-5-7-22-8-6-20)10-18-16(21)13-11-23-15(9-17)19-13;;/h11-12,14H,3-10,17H2,1-2H3,(H,18,21);2*1H. The van der Waals surface area contributed by atoms with Gasteiger partial charge >= 0.3 is 0 Å². The summed E-state index contributed by atoms with van der Waals surface area (Å²) >= 11 is 1.43. The third kappa shape index (κ3) is 7.00. The Hall–Kier alpha value is -0.440. The maximum atomic E-state index is 12.3. The molecule has 9 heteroatoms. The third-order valence-electron chi connectivity index (χ3n) is 4.54. The highest BCUT2D eigenvalue weighted by Crippen LogP contribution is 2.20. The Morgan fingerprint density at radius 1 is 1.36 bits per heavy atom. The van der Waals surface area contributed by atoms with Crippen LogP contribution in [0, 0.1) is 5.92 Å². The monoisotopic (exact) mass is 412 g/mol. The van der Waals surface area contributed by atoms with E-state index < -0.39 is 0 Å². The van der Waals surface area contributed by atoms with Gasteiger partial charge in [-0.25, -0.2) is 4.98 Å². The zero-order valence-corrected chi connectivity index (χ0v) is 17.4. The quantitative estimate of drug-likeness (QED) is 0.684. The van der Waals surface area contributed by atoms with Crippen molar-refractivity contribution in [1.29, 1.82) is 0 Å². The lowest BCUT2D eigenvalue weighted by molar-refractivity contribution is 0.00190. The fraction of sp³-hybridized carbons (Fsp3) is 0.750. The summed E-state index contributed by atoms with van der Waals surface area (Å²) < 4.78 is 5.46. The molecule has 1 aromatic heterocycles. The van der Waals surface area contributed by atoms with Crippen LogP contribution in [0.4, 0.5) is 0 Å².